The molecule has 2 N–H and O–H groups in total. The van der Waals surface area contributed by atoms with Gasteiger partial charge in [0, 0.05) is 23.3 Å². The van der Waals surface area contributed by atoms with Crippen LogP contribution in [0.3, 0.4) is 0 Å². The molecule has 0 aliphatic rings. The first-order valence-electron chi connectivity index (χ1n) is 8.80. The Balaban J connectivity index is 1.54. The molecule has 0 saturated carbocycles. The van der Waals surface area contributed by atoms with Gasteiger partial charge in [0.25, 0.3) is 0 Å². The van der Waals surface area contributed by atoms with E-state index in [-0.39, 0.29) is 11.7 Å². The van der Waals surface area contributed by atoms with Crippen molar-refractivity contribution < 1.29 is 4.79 Å². The zero-order chi connectivity index (χ0) is 19.9. The second-order valence-electron chi connectivity index (χ2n) is 6.33. The maximum Gasteiger partial charge on any atom is 0.234 e. The van der Waals surface area contributed by atoms with Crippen molar-refractivity contribution in [1.82, 2.24) is 9.97 Å². The third-order valence-electron chi connectivity index (χ3n) is 4.13. The Morgan fingerprint density at radius 3 is 2.50 bits per heavy atom. The predicted octanol–water partition coefficient (Wildman–Crippen LogP) is 5.09. The van der Waals surface area contributed by atoms with Gasteiger partial charge in [-0.15, -0.1) is 0 Å². The van der Waals surface area contributed by atoms with E-state index in [9.17, 15) is 4.79 Å². The van der Waals surface area contributed by atoms with E-state index in [1.165, 1.54) is 18.1 Å². The van der Waals surface area contributed by atoms with E-state index in [1.807, 2.05) is 62.4 Å². The average Bonchev–Trinajstić information content (AvgIpc) is 2.69. The molecule has 7 heteroatoms. The van der Waals surface area contributed by atoms with Crippen LogP contribution in [-0.2, 0) is 11.3 Å². The number of amides is 1. The molecule has 5 nitrogen and oxygen atoms in total. The van der Waals surface area contributed by atoms with Gasteiger partial charge in [0.2, 0.25) is 5.91 Å². The van der Waals surface area contributed by atoms with Gasteiger partial charge in [0.1, 0.15) is 17.2 Å². The predicted molar refractivity (Wildman–Crippen MR) is 116 cm³/mol. The summed E-state index contributed by atoms with van der Waals surface area (Å²) in [5.74, 6) is 0.931. The largest absolute Gasteiger partial charge is 0.366 e. The number of hydrogen-bond acceptors (Lipinski definition) is 5. The molecule has 28 heavy (non-hydrogen) atoms. The van der Waals surface area contributed by atoms with Crippen LogP contribution in [0.15, 0.2) is 59.9 Å². The lowest BCUT2D eigenvalue weighted by molar-refractivity contribution is -0.113. The van der Waals surface area contributed by atoms with Crippen LogP contribution in [0.4, 0.5) is 11.5 Å². The van der Waals surface area contributed by atoms with E-state index in [0.717, 1.165) is 27.4 Å². The second kappa shape index (κ2) is 9.57. The normalized spacial score (nSPS) is 10.5. The quantitative estimate of drug-likeness (QED) is 0.418. The fourth-order valence-corrected chi connectivity index (χ4v) is 3.43. The highest BCUT2D eigenvalue weighted by Crippen LogP contribution is 2.22. The van der Waals surface area contributed by atoms with Crippen LogP contribution < -0.4 is 10.6 Å². The Hall–Kier alpha value is -2.57. The SMILES string of the molecule is Cc1cccc(C)c1NC(=O)CSc1cc(NCc2ccc(Cl)cc2)ncn1. The number of benzene rings is 2. The zero-order valence-corrected chi connectivity index (χ0v) is 17.3. The lowest BCUT2D eigenvalue weighted by atomic mass is 10.1. The lowest BCUT2D eigenvalue weighted by Crippen LogP contribution is -2.15. The molecule has 0 radical (unpaired) electrons. The molecule has 0 bridgehead atoms. The van der Waals surface area contributed by atoms with E-state index in [0.29, 0.717) is 17.4 Å². The highest BCUT2D eigenvalue weighted by Gasteiger charge is 2.09. The molecular weight excluding hydrogens is 392 g/mol. The molecule has 1 amide bonds. The number of carbonyl (C=O) groups excluding carboxylic acids is 1. The van der Waals surface area contributed by atoms with Gasteiger partial charge in [-0.25, -0.2) is 9.97 Å². The number of carbonyl (C=O) groups is 1. The third kappa shape index (κ3) is 5.71. The van der Waals surface area contributed by atoms with Crippen molar-refractivity contribution in [3.05, 3.63) is 76.6 Å². The topological polar surface area (TPSA) is 66.9 Å². The Labute approximate surface area is 173 Å². The van der Waals surface area contributed by atoms with Gasteiger partial charge in [-0.1, -0.05) is 53.7 Å². The summed E-state index contributed by atoms with van der Waals surface area (Å²) in [5.41, 5.74) is 4.08. The molecule has 1 aromatic heterocycles. The fraction of sp³-hybridized carbons (Fsp3) is 0.190. The number of nitrogens with zero attached hydrogens (tertiary/aromatic N) is 2. The standard InChI is InChI=1S/C21H21ClN4OS/c1-14-4-3-5-15(2)21(14)26-19(27)12-28-20-10-18(24-13-25-20)23-11-16-6-8-17(22)9-7-16/h3-10,13H,11-12H2,1-2H3,(H,26,27)(H,23,24,25). The van der Waals surface area contributed by atoms with Gasteiger partial charge in [0.15, 0.2) is 0 Å². The molecule has 2 aromatic carbocycles. The van der Waals surface area contributed by atoms with Crippen molar-refractivity contribution >= 4 is 40.8 Å². The van der Waals surface area contributed by atoms with Crippen molar-refractivity contribution in [2.75, 3.05) is 16.4 Å². The molecular formula is C21H21ClN4OS. The first-order valence-corrected chi connectivity index (χ1v) is 10.2. The van der Waals surface area contributed by atoms with Crippen LogP contribution in [0.25, 0.3) is 0 Å². The van der Waals surface area contributed by atoms with Gasteiger partial charge >= 0.3 is 0 Å². The number of thioether (sulfide) groups is 1. The van der Waals surface area contributed by atoms with Gasteiger partial charge < -0.3 is 10.6 Å². The number of nitrogens with one attached hydrogen (secondary N) is 2. The lowest BCUT2D eigenvalue weighted by Gasteiger charge is -2.11. The summed E-state index contributed by atoms with van der Waals surface area (Å²) in [7, 11) is 0. The summed E-state index contributed by atoms with van der Waals surface area (Å²) in [4.78, 5) is 20.8. The molecule has 0 saturated heterocycles. The zero-order valence-electron chi connectivity index (χ0n) is 15.7. The van der Waals surface area contributed by atoms with E-state index < -0.39 is 0 Å². The molecule has 0 atom stereocenters. The number of para-hydroxylation sites is 1. The maximum atomic E-state index is 12.3. The Kier molecular flexibility index (Phi) is 6.90. The molecule has 0 aliphatic heterocycles. The van der Waals surface area contributed by atoms with Crippen molar-refractivity contribution in [2.24, 2.45) is 0 Å². The van der Waals surface area contributed by atoms with Crippen LogP contribution in [0.2, 0.25) is 5.02 Å². The first-order chi connectivity index (χ1) is 13.5. The van der Waals surface area contributed by atoms with Crippen molar-refractivity contribution in [1.29, 1.82) is 0 Å². The van der Waals surface area contributed by atoms with Crippen molar-refractivity contribution in [3.8, 4) is 0 Å². The smallest absolute Gasteiger partial charge is 0.234 e. The summed E-state index contributed by atoms with van der Waals surface area (Å²) in [6, 6.07) is 15.4. The third-order valence-corrected chi connectivity index (χ3v) is 5.30. The molecule has 144 valence electrons. The first kappa shape index (κ1) is 20.2. The summed E-state index contributed by atoms with van der Waals surface area (Å²) >= 11 is 7.28. The molecule has 0 unspecified atom stereocenters. The van der Waals surface area contributed by atoms with Gasteiger partial charge in [-0.3, -0.25) is 4.79 Å². The van der Waals surface area contributed by atoms with E-state index in [4.69, 9.17) is 11.6 Å². The fourth-order valence-electron chi connectivity index (χ4n) is 2.64. The number of aromatic nitrogens is 2. The molecule has 0 spiro atoms. The van der Waals surface area contributed by atoms with Crippen LogP contribution in [0.1, 0.15) is 16.7 Å². The number of rotatable bonds is 7. The van der Waals surface area contributed by atoms with Gasteiger partial charge in [-0.05, 0) is 42.7 Å². The summed E-state index contributed by atoms with van der Waals surface area (Å²) in [6.07, 6.45) is 1.50. The minimum absolute atomic E-state index is 0.0586. The second-order valence-corrected chi connectivity index (χ2v) is 7.76. The maximum absolute atomic E-state index is 12.3. The van der Waals surface area contributed by atoms with Crippen molar-refractivity contribution in [2.45, 2.75) is 25.4 Å². The summed E-state index contributed by atoms with van der Waals surface area (Å²) < 4.78 is 0. The van der Waals surface area contributed by atoms with E-state index >= 15 is 0 Å². The minimum Gasteiger partial charge on any atom is -0.366 e. The summed E-state index contributed by atoms with van der Waals surface area (Å²) in [5, 5.41) is 7.69. The summed E-state index contributed by atoms with van der Waals surface area (Å²) in [6.45, 7) is 4.60. The van der Waals surface area contributed by atoms with Crippen LogP contribution in [0, 0.1) is 13.8 Å². The molecule has 3 aromatic rings. The molecule has 3 rings (SSSR count). The number of hydrogen-bond donors (Lipinski definition) is 2. The average molecular weight is 413 g/mol. The monoisotopic (exact) mass is 412 g/mol. The Bertz CT molecular complexity index is 943. The van der Waals surface area contributed by atoms with E-state index in [1.54, 1.807) is 0 Å². The number of anilines is 2. The molecule has 0 fully saturated rings. The number of halogens is 1. The highest BCUT2D eigenvalue weighted by atomic mass is 35.5. The van der Waals surface area contributed by atoms with Crippen LogP contribution in [0.5, 0.6) is 0 Å². The van der Waals surface area contributed by atoms with Gasteiger partial charge in [-0.2, -0.15) is 0 Å². The minimum atomic E-state index is -0.0586. The number of aryl methyl sites for hydroxylation is 2. The molecule has 1 heterocycles. The van der Waals surface area contributed by atoms with Crippen LogP contribution >= 0.6 is 23.4 Å². The van der Waals surface area contributed by atoms with E-state index in [2.05, 4.69) is 20.6 Å². The highest BCUT2D eigenvalue weighted by molar-refractivity contribution is 7.99. The van der Waals surface area contributed by atoms with Crippen LogP contribution in [-0.4, -0.2) is 21.6 Å². The van der Waals surface area contributed by atoms with Crippen molar-refractivity contribution in [3.63, 3.8) is 0 Å². The Morgan fingerprint density at radius 1 is 1.07 bits per heavy atom. The molecule has 0 aliphatic carbocycles. The Morgan fingerprint density at radius 2 is 1.79 bits per heavy atom. The van der Waals surface area contributed by atoms with Gasteiger partial charge in [0.05, 0.1) is 5.75 Å².